The van der Waals surface area contributed by atoms with Crippen LogP contribution in [0.2, 0.25) is 10.0 Å². The first-order chi connectivity index (χ1) is 14.6. The highest BCUT2D eigenvalue weighted by Gasteiger charge is 2.44. The lowest BCUT2D eigenvalue weighted by Gasteiger charge is -2.31. The van der Waals surface area contributed by atoms with Crippen LogP contribution in [-0.2, 0) is 28.4 Å². The van der Waals surface area contributed by atoms with Crippen molar-refractivity contribution < 1.29 is 33.2 Å². The van der Waals surface area contributed by atoms with Crippen molar-refractivity contribution in [3.63, 3.8) is 0 Å². The topological polar surface area (TPSA) is 120 Å². The van der Waals surface area contributed by atoms with E-state index in [1.165, 1.54) is 25.3 Å². The third kappa shape index (κ3) is 7.41. The molecule has 9 nitrogen and oxygen atoms in total. The predicted molar refractivity (Wildman–Crippen MR) is 114 cm³/mol. The average Bonchev–Trinajstić information content (AvgIpc) is 2.71. The summed E-state index contributed by atoms with van der Waals surface area (Å²) >= 11 is 11.9. The number of carbonyl (C=O) groups excluding carboxylic acids is 4. The van der Waals surface area contributed by atoms with Crippen LogP contribution in [0.3, 0.4) is 0 Å². The van der Waals surface area contributed by atoms with Gasteiger partial charge in [-0.2, -0.15) is 0 Å². The second kappa shape index (κ2) is 11.4. The van der Waals surface area contributed by atoms with Crippen molar-refractivity contribution in [3.8, 4) is 0 Å². The fourth-order valence-electron chi connectivity index (χ4n) is 2.95. The van der Waals surface area contributed by atoms with Gasteiger partial charge in [0.15, 0.2) is 6.10 Å². The van der Waals surface area contributed by atoms with Crippen molar-refractivity contribution in [1.82, 2.24) is 10.6 Å². The van der Waals surface area contributed by atoms with Crippen LogP contribution in [-0.4, -0.2) is 56.6 Å². The van der Waals surface area contributed by atoms with E-state index >= 15 is 0 Å². The highest BCUT2D eigenvalue weighted by Crippen LogP contribution is 2.21. The summed E-state index contributed by atoms with van der Waals surface area (Å²) < 4.78 is 15.4. The van der Waals surface area contributed by atoms with Crippen LogP contribution in [0.15, 0.2) is 18.2 Å². The Morgan fingerprint density at radius 2 is 2.00 bits per heavy atom. The largest absolute Gasteiger partial charge is 0.551 e. The zero-order chi connectivity index (χ0) is 23.1. The molecular weight excluding hydrogens is 450 g/mol. The molecule has 2 N–H and O–H groups in total. The summed E-state index contributed by atoms with van der Waals surface area (Å²) in [6, 6.07) is 4.40. The molecule has 2 amide bonds. The Hall–Kier alpha value is -2.30. The van der Waals surface area contributed by atoms with Crippen molar-refractivity contribution in [2.45, 2.75) is 38.7 Å². The number of hydrogen-bond donors (Lipinski definition) is 2. The van der Waals surface area contributed by atoms with Crippen LogP contribution in [0.4, 0.5) is 0 Å². The minimum atomic E-state index is -1.17. The number of carbonyl (C=O) groups is 4. The number of amides is 2. The predicted octanol–water partition coefficient (Wildman–Crippen LogP) is 1.79. The second-order valence-electron chi connectivity index (χ2n) is 7.32. The Labute approximate surface area is 190 Å². The van der Waals surface area contributed by atoms with E-state index in [9.17, 15) is 19.2 Å². The summed E-state index contributed by atoms with van der Waals surface area (Å²) in [7, 11) is 0.0119. The summed E-state index contributed by atoms with van der Waals surface area (Å²) in [5.41, 5.74) is 0.131. The van der Waals surface area contributed by atoms with Crippen LogP contribution in [0, 0.1) is 5.92 Å². The molecule has 1 aromatic rings. The van der Waals surface area contributed by atoms with Gasteiger partial charge in [-0.3, -0.25) is 14.4 Å². The molecule has 0 saturated carbocycles. The smallest absolute Gasteiger partial charge is 0.508 e. The van der Waals surface area contributed by atoms with E-state index in [0.29, 0.717) is 11.4 Å². The van der Waals surface area contributed by atoms with E-state index in [1.54, 1.807) is 0 Å². The number of benzene rings is 1. The van der Waals surface area contributed by atoms with E-state index in [2.05, 4.69) is 15.4 Å². The first-order valence-corrected chi connectivity index (χ1v) is 10.3. The maximum atomic E-state index is 12.4. The summed E-state index contributed by atoms with van der Waals surface area (Å²) in [4.78, 5) is 48.4. The number of esters is 1. The lowest BCUT2D eigenvalue weighted by atomic mass is 9.72. The Morgan fingerprint density at radius 1 is 1.29 bits per heavy atom. The Morgan fingerprint density at radius 3 is 2.65 bits per heavy atom. The lowest BCUT2D eigenvalue weighted by Crippen LogP contribution is -2.57. The standard InChI is InChI=1S/C19H23BCl2N2O7/c1-10(2)6-15(20-30-14(19(28)29-3)8-17(26)31-20)24-16(25)9-23-18(27)12-7-11(21)4-5-13(12)22/h4-5,7,10,14-15H,6,8-9H2,1-3H3,(H,23,27)(H,24,25)/t14-,15-/m0/s1. The molecule has 0 aromatic heterocycles. The van der Waals surface area contributed by atoms with Crippen molar-refractivity contribution in [3.05, 3.63) is 33.8 Å². The van der Waals surface area contributed by atoms with Crippen LogP contribution >= 0.6 is 23.2 Å². The number of methoxy groups -OCH3 is 1. The molecule has 1 saturated heterocycles. The van der Waals surface area contributed by atoms with E-state index < -0.39 is 42.9 Å². The number of ether oxygens (including phenoxy) is 1. The molecule has 0 unspecified atom stereocenters. The molecular formula is C19H23BCl2N2O7. The van der Waals surface area contributed by atoms with Gasteiger partial charge in [-0.25, -0.2) is 4.79 Å². The van der Waals surface area contributed by atoms with Gasteiger partial charge in [-0.1, -0.05) is 37.0 Å². The summed E-state index contributed by atoms with van der Waals surface area (Å²) in [6.07, 6.45) is -0.999. The SMILES string of the molecule is COC(=O)[C@@H]1CC(=O)OB([C@H](CC(C)C)NC(=O)CNC(=O)c2cc(Cl)ccc2Cl)O1. The fourth-order valence-corrected chi connectivity index (χ4v) is 3.32. The quantitative estimate of drug-likeness (QED) is 0.437. The lowest BCUT2D eigenvalue weighted by molar-refractivity contribution is -0.159. The minimum absolute atomic E-state index is 0.103. The molecule has 0 spiro atoms. The molecule has 2 rings (SSSR count). The van der Waals surface area contributed by atoms with Gasteiger partial charge in [0.1, 0.15) is 0 Å². The molecule has 0 aliphatic carbocycles. The molecule has 168 valence electrons. The van der Waals surface area contributed by atoms with E-state index in [-0.39, 0.29) is 29.5 Å². The van der Waals surface area contributed by atoms with Gasteiger partial charge in [0, 0.05) is 5.02 Å². The molecule has 1 aromatic carbocycles. The normalized spacial score (nSPS) is 17.0. The first kappa shape index (κ1) is 25.0. The average molecular weight is 473 g/mol. The molecule has 12 heteroatoms. The van der Waals surface area contributed by atoms with Gasteiger partial charge in [0.05, 0.1) is 36.6 Å². The molecule has 0 bridgehead atoms. The third-order valence-electron chi connectivity index (χ3n) is 4.34. The van der Waals surface area contributed by atoms with Crippen LogP contribution < -0.4 is 10.6 Å². The fraction of sp³-hybridized carbons (Fsp3) is 0.474. The van der Waals surface area contributed by atoms with Gasteiger partial charge in [-0.05, 0) is 30.5 Å². The Kier molecular flexibility index (Phi) is 9.15. The van der Waals surface area contributed by atoms with Crippen molar-refractivity contribution in [1.29, 1.82) is 0 Å². The molecule has 1 aliphatic heterocycles. The number of rotatable bonds is 8. The molecule has 1 fully saturated rings. The van der Waals surface area contributed by atoms with E-state index in [4.69, 9.17) is 32.5 Å². The van der Waals surface area contributed by atoms with Gasteiger partial charge in [-0.15, -0.1) is 0 Å². The zero-order valence-corrected chi connectivity index (χ0v) is 18.8. The number of nitrogens with one attached hydrogen (secondary N) is 2. The molecule has 0 radical (unpaired) electrons. The molecule has 1 aliphatic rings. The molecule has 31 heavy (non-hydrogen) atoms. The highest BCUT2D eigenvalue weighted by atomic mass is 35.5. The van der Waals surface area contributed by atoms with Crippen molar-refractivity contribution in [2.75, 3.05) is 13.7 Å². The van der Waals surface area contributed by atoms with Gasteiger partial charge >= 0.3 is 13.1 Å². The van der Waals surface area contributed by atoms with E-state index in [0.717, 1.165) is 0 Å². The highest BCUT2D eigenvalue weighted by molar-refractivity contribution is 6.50. The maximum absolute atomic E-state index is 12.4. The molecule has 1 heterocycles. The maximum Gasteiger partial charge on any atom is 0.551 e. The van der Waals surface area contributed by atoms with Gasteiger partial charge in [0.2, 0.25) is 5.91 Å². The van der Waals surface area contributed by atoms with Gasteiger partial charge in [0.25, 0.3) is 11.9 Å². The third-order valence-corrected chi connectivity index (χ3v) is 4.91. The number of hydrogen-bond acceptors (Lipinski definition) is 7. The van der Waals surface area contributed by atoms with Crippen molar-refractivity contribution >= 4 is 54.1 Å². The zero-order valence-electron chi connectivity index (χ0n) is 17.3. The Balaban J connectivity index is 2.02. The van der Waals surface area contributed by atoms with E-state index in [1.807, 2.05) is 13.8 Å². The minimum Gasteiger partial charge on any atom is -0.508 e. The van der Waals surface area contributed by atoms with Crippen LogP contribution in [0.1, 0.15) is 37.0 Å². The van der Waals surface area contributed by atoms with Gasteiger partial charge < -0.3 is 24.7 Å². The monoisotopic (exact) mass is 472 g/mol. The van der Waals surface area contributed by atoms with Crippen molar-refractivity contribution in [2.24, 2.45) is 5.92 Å². The summed E-state index contributed by atoms with van der Waals surface area (Å²) in [5, 5.41) is 5.66. The number of halogens is 2. The van der Waals surface area contributed by atoms with Crippen LogP contribution in [0.5, 0.6) is 0 Å². The second-order valence-corrected chi connectivity index (χ2v) is 8.16. The summed E-state index contributed by atoms with van der Waals surface area (Å²) in [6.45, 7) is 3.45. The Bertz CT molecular complexity index is 853. The van der Waals surface area contributed by atoms with Crippen LogP contribution in [0.25, 0.3) is 0 Å². The molecule has 2 atom stereocenters. The first-order valence-electron chi connectivity index (χ1n) is 9.56. The summed E-state index contributed by atoms with van der Waals surface area (Å²) in [5.74, 6) is -3.10.